The summed E-state index contributed by atoms with van der Waals surface area (Å²) in [5.41, 5.74) is 10.8. The van der Waals surface area contributed by atoms with Crippen LogP contribution in [0.2, 0.25) is 0 Å². The van der Waals surface area contributed by atoms with Crippen LogP contribution in [-0.2, 0) is 30.5 Å². The Balaban J connectivity index is 0.000000892. The van der Waals surface area contributed by atoms with Crippen LogP contribution >= 0.6 is 0 Å². The first kappa shape index (κ1) is 35.8. The minimum Gasteiger partial charge on any atom is -0.396 e. The number of fused-ring (bicyclic) bond motifs is 1. The number of hydrogen-bond acceptors (Lipinski definition) is 3. The van der Waals surface area contributed by atoms with Crippen LogP contribution in [-0.4, -0.2) is 29.7 Å². The molecular formula is C43H58O3. The first-order valence-corrected chi connectivity index (χ1v) is 18.0. The molecule has 5 unspecified atom stereocenters. The van der Waals surface area contributed by atoms with E-state index in [1.807, 2.05) is 0 Å². The summed E-state index contributed by atoms with van der Waals surface area (Å²) < 4.78 is 0. The molecule has 0 radical (unpaired) electrons. The molecule has 3 heteroatoms. The lowest BCUT2D eigenvalue weighted by Crippen LogP contribution is -2.29. The Labute approximate surface area is 279 Å². The summed E-state index contributed by atoms with van der Waals surface area (Å²) in [6, 6.07) is 25.6. The molecule has 248 valence electrons. The van der Waals surface area contributed by atoms with Crippen molar-refractivity contribution in [3.8, 4) is 0 Å². The molecule has 3 aromatic carbocycles. The zero-order valence-electron chi connectivity index (χ0n) is 28.7. The molecule has 5 atom stereocenters. The standard InChI is InChI=1S/C39H52O2.C4H6O/c1-3-5-31-16-17-35(24-30(31)4-2)37-21-20-36-25-34(18-19-38(36)26-37)32-12-8-28(9-13-32)6-7-29-10-14-33(15-11-29)39(27-41)22-23-40;1-4(2)3-5/h8-17,24,34,36-41H,3-7,18-23,25-27H2,1-2H3;3H,1H2,2H3. The predicted octanol–water partition coefficient (Wildman–Crippen LogP) is 9.67. The van der Waals surface area contributed by atoms with Crippen molar-refractivity contribution in [2.75, 3.05) is 13.2 Å². The summed E-state index contributed by atoms with van der Waals surface area (Å²) in [4.78, 5) is 9.41. The molecule has 3 aromatic rings. The van der Waals surface area contributed by atoms with Crippen LogP contribution in [0, 0.1) is 11.8 Å². The maximum atomic E-state index is 9.59. The Morgan fingerprint density at radius 3 is 1.83 bits per heavy atom. The zero-order valence-corrected chi connectivity index (χ0v) is 28.7. The summed E-state index contributed by atoms with van der Waals surface area (Å²) >= 11 is 0. The van der Waals surface area contributed by atoms with Gasteiger partial charge in [0, 0.05) is 12.5 Å². The molecule has 0 aliphatic heterocycles. The fourth-order valence-electron chi connectivity index (χ4n) is 7.96. The zero-order chi connectivity index (χ0) is 32.9. The lowest BCUT2D eigenvalue weighted by Gasteiger charge is -2.42. The third-order valence-corrected chi connectivity index (χ3v) is 10.7. The molecule has 2 N–H and O–H groups in total. The molecule has 0 aromatic heterocycles. The Hall–Kier alpha value is -3.01. The number of benzene rings is 3. The van der Waals surface area contributed by atoms with Gasteiger partial charge in [-0.2, -0.15) is 0 Å². The first-order valence-electron chi connectivity index (χ1n) is 18.0. The molecule has 46 heavy (non-hydrogen) atoms. The number of aliphatic hydroxyl groups is 2. The normalized spacial score (nSPS) is 21.4. The van der Waals surface area contributed by atoms with Crippen molar-refractivity contribution >= 4 is 6.29 Å². The Morgan fingerprint density at radius 2 is 1.33 bits per heavy atom. The van der Waals surface area contributed by atoms with Crippen molar-refractivity contribution in [3.05, 3.63) is 118 Å². The quantitative estimate of drug-likeness (QED) is 0.147. The van der Waals surface area contributed by atoms with E-state index in [1.165, 1.54) is 62.5 Å². The maximum Gasteiger partial charge on any atom is 0.145 e. The lowest BCUT2D eigenvalue weighted by atomic mass is 9.63. The van der Waals surface area contributed by atoms with Crippen molar-refractivity contribution in [1.82, 2.24) is 0 Å². The number of hydrogen-bond donors (Lipinski definition) is 2. The van der Waals surface area contributed by atoms with Crippen molar-refractivity contribution in [2.45, 2.75) is 116 Å². The minimum atomic E-state index is 0.0309. The number of aldehydes is 1. The smallest absolute Gasteiger partial charge is 0.145 e. The van der Waals surface area contributed by atoms with E-state index >= 15 is 0 Å². The number of aliphatic hydroxyl groups excluding tert-OH is 2. The molecule has 2 aliphatic carbocycles. The second-order valence-corrected chi connectivity index (χ2v) is 14.0. The van der Waals surface area contributed by atoms with E-state index in [1.54, 1.807) is 29.2 Å². The van der Waals surface area contributed by atoms with E-state index in [0.29, 0.717) is 12.0 Å². The molecule has 2 aliphatic rings. The Kier molecular flexibility index (Phi) is 14.3. The monoisotopic (exact) mass is 622 g/mol. The maximum absolute atomic E-state index is 9.59. The molecule has 5 rings (SSSR count). The van der Waals surface area contributed by atoms with Gasteiger partial charge in [0.25, 0.3) is 0 Å². The van der Waals surface area contributed by atoms with Gasteiger partial charge in [-0.1, -0.05) is 93.6 Å². The summed E-state index contributed by atoms with van der Waals surface area (Å²) in [5.74, 6) is 3.34. The van der Waals surface area contributed by atoms with Gasteiger partial charge in [0.15, 0.2) is 0 Å². The average Bonchev–Trinajstić information content (AvgIpc) is 3.10. The van der Waals surface area contributed by atoms with E-state index in [9.17, 15) is 15.0 Å². The number of aryl methyl sites for hydroxylation is 4. The third kappa shape index (κ3) is 9.99. The number of carbonyl (C=O) groups excluding carboxylic acids is 1. The van der Waals surface area contributed by atoms with E-state index < -0.39 is 0 Å². The summed E-state index contributed by atoms with van der Waals surface area (Å²) in [7, 11) is 0. The van der Waals surface area contributed by atoms with Crippen molar-refractivity contribution in [3.63, 3.8) is 0 Å². The first-order chi connectivity index (χ1) is 22.4. The Morgan fingerprint density at radius 1 is 0.783 bits per heavy atom. The highest BCUT2D eigenvalue weighted by atomic mass is 16.3. The van der Waals surface area contributed by atoms with Crippen LogP contribution in [0.15, 0.2) is 78.9 Å². The topological polar surface area (TPSA) is 57.5 Å². The summed E-state index contributed by atoms with van der Waals surface area (Å²) in [6.45, 7) is 9.77. The largest absolute Gasteiger partial charge is 0.396 e. The minimum absolute atomic E-state index is 0.0309. The fraction of sp³-hybridized carbons (Fsp3) is 0.512. The highest BCUT2D eigenvalue weighted by Crippen LogP contribution is 2.50. The molecule has 0 spiro atoms. The van der Waals surface area contributed by atoms with Gasteiger partial charge in [-0.25, -0.2) is 0 Å². The third-order valence-electron chi connectivity index (χ3n) is 10.7. The lowest BCUT2D eigenvalue weighted by molar-refractivity contribution is -0.104. The summed E-state index contributed by atoms with van der Waals surface area (Å²) in [5, 5.41) is 18.8. The molecule has 3 nitrogen and oxygen atoms in total. The second kappa shape index (κ2) is 18.4. The highest BCUT2D eigenvalue weighted by molar-refractivity contribution is 5.70. The second-order valence-electron chi connectivity index (χ2n) is 14.0. The molecule has 0 saturated heterocycles. The number of rotatable bonds is 13. The van der Waals surface area contributed by atoms with E-state index in [2.05, 4.69) is 87.2 Å². The van der Waals surface area contributed by atoms with Crippen LogP contribution in [0.1, 0.15) is 129 Å². The van der Waals surface area contributed by atoms with E-state index in [4.69, 9.17) is 0 Å². The Bertz CT molecular complexity index is 1360. The molecule has 0 amide bonds. The SMILES string of the molecule is C=C(C)C=O.CCCc1ccc(C2CCC3CC(c4ccc(CCc5ccc(C(CO)CCO)cc5)cc4)CCC3C2)cc1CC. The van der Waals surface area contributed by atoms with Gasteiger partial charge < -0.3 is 10.2 Å². The van der Waals surface area contributed by atoms with Gasteiger partial charge in [-0.05, 0) is 146 Å². The van der Waals surface area contributed by atoms with E-state index in [0.717, 1.165) is 54.8 Å². The van der Waals surface area contributed by atoms with Crippen LogP contribution in [0.4, 0.5) is 0 Å². The molecular weight excluding hydrogens is 564 g/mol. The average molecular weight is 623 g/mol. The van der Waals surface area contributed by atoms with Crippen LogP contribution < -0.4 is 0 Å². The van der Waals surface area contributed by atoms with Crippen molar-refractivity contribution in [2.24, 2.45) is 11.8 Å². The summed E-state index contributed by atoms with van der Waals surface area (Å²) in [6.07, 6.45) is 15.3. The molecule has 2 saturated carbocycles. The van der Waals surface area contributed by atoms with Gasteiger partial charge in [0.2, 0.25) is 0 Å². The van der Waals surface area contributed by atoms with Crippen LogP contribution in [0.5, 0.6) is 0 Å². The highest BCUT2D eigenvalue weighted by Gasteiger charge is 2.36. The van der Waals surface area contributed by atoms with Crippen molar-refractivity contribution < 1.29 is 15.0 Å². The molecule has 0 bridgehead atoms. The van der Waals surface area contributed by atoms with Crippen molar-refractivity contribution in [1.29, 1.82) is 0 Å². The fourth-order valence-corrected chi connectivity index (χ4v) is 7.96. The number of allylic oxidation sites excluding steroid dienone is 1. The van der Waals surface area contributed by atoms with Gasteiger partial charge in [0.05, 0.1) is 6.61 Å². The van der Waals surface area contributed by atoms with Crippen LogP contribution in [0.25, 0.3) is 0 Å². The van der Waals surface area contributed by atoms with Gasteiger partial charge >= 0.3 is 0 Å². The molecule has 2 fully saturated rings. The predicted molar refractivity (Wildman–Crippen MR) is 193 cm³/mol. The van der Waals surface area contributed by atoms with E-state index in [-0.39, 0.29) is 19.1 Å². The van der Waals surface area contributed by atoms with Gasteiger partial charge in [-0.3, -0.25) is 4.79 Å². The van der Waals surface area contributed by atoms with Gasteiger partial charge in [0.1, 0.15) is 6.29 Å². The van der Waals surface area contributed by atoms with Crippen LogP contribution in [0.3, 0.4) is 0 Å². The number of carbonyl (C=O) groups is 1. The van der Waals surface area contributed by atoms with Gasteiger partial charge in [-0.15, -0.1) is 0 Å². The molecule has 0 heterocycles.